The van der Waals surface area contributed by atoms with Gasteiger partial charge in [0, 0.05) is 28.8 Å². The van der Waals surface area contributed by atoms with Crippen LogP contribution >= 0.6 is 0 Å². The smallest absolute Gasteiger partial charge is 0.0702 e. The first kappa shape index (κ1) is 17.0. The lowest BCUT2D eigenvalue weighted by Gasteiger charge is -2.26. The maximum atomic E-state index is 4.50. The predicted octanol–water partition coefficient (Wildman–Crippen LogP) is 6.84. The van der Waals surface area contributed by atoms with Gasteiger partial charge in [0.1, 0.15) is 0 Å². The molecule has 132 valence electrons. The third kappa shape index (κ3) is 3.75. The van der Waals surface area contributed by atoms with Crippen LogP contribution in [0.25, 0.3) is 11.3 Å². The molecule has 0 aliphatic rings. The second kappa shape index (κ2) is 7.46. The fourth-order valence-electron chi connectivity index (χ4n) is 3.32. The Labute approximate surface area is 160 Å². The molecule has 2 heteroatoms. The molecule has 0 saturated carbocycles. The Bertz CT molecular complexity index is 1010. The Balaban J connectivity index is 1.87. The summed E-state index contributed by atoms with van der Waals surface area (Å²) in [6.45, 7) is 4.25. The van der Waals surface area contributed by atoms with E-state index in [0.717, 1.165) is 28.3 Å². The van der Waals surface area contributed by atoms with Crippen LogP contribution in [-0.2, 0) is 0 Å². The van der Waals surface area contributed by atoms with Crippen molar-refractivity contribution in [1.82, 2.24) is 4.98 Å². The van der Waals surface area contributed by atoms with Gasteiger partial charge in [0.05, 0.1) is 5.69 Å². The highest BCUT2D eigenvalue weighted by molar-refractivity contribution is 5.79. The molecular weight excluding hydrogens is 328 g/mol. The Morgan fingerprint density at radius 1 is 0.593 bits per heavy atom. The molecule has 0 unspecified atom stereocenters. The van der Waals surface area contributed by atoms with Crippen molar-refractivity contribution < 1.29 is 0 Å². The molecule has 0 radical (unpaired) electrons. The lowest BCUT2D eigenvalue weighted by Crippen LogP contribution is -2.10. The zero-order valence-corrected chi connectivity index (χ0v) is 15.6. The maximum absolute atomic E-state index is 4.50. The second-order valence-corrected chi connectivity index (χ2v) is 6.78. The molecule has 0 atom stereocenters. The van der Waals surface area contributed by atoms with E-state index >= 15 is 0 Å². The Hall–Kier alpha value is -3.39. The van der Waals surface area contributed by atoms with Crippen LogP contribution in [0.4, 0.5) is 17.1 Å². The fraction of sp³-hybridized carbons (Fsp3) is 0.0800. The minimum absolute atomic E-state index is 0.979. The van der Waals surface area contributed by atoms with Gasteiger partial charge in [-0.25, -0.2) is 0 Å². The normalized spacial score (nSPS) is 10.6. The summed E-state index contributed by atoms with van der Waals surface area (Å²) in [5, 5.41) is 0. The van der Waals surface area contributed by atoms with Crippen LogP contribution in [0.15, 0.2) is 97.2 Å². The van der Waals surface area contributed by atoms with Gasteiger partial charge in [-0.05, 0) is 73.5 Å². The molecule has 0 amide bonds. The summed E-state index contributed by atoms with van der Waals surface area (Å²) >= 11 is 0. The van der Waals surface area contributed by atoms with E-state index in [-0.39, 0.29) is 0 Å². The first-order valence-electron chi connectivity index (χ1n) is 9.16. The zero-order chi connectivity index (χ0) is 18.6. The molecule has 0 spiro atoms. The third-order valence-electron chi connectivity index (χ3n) is 4.58. The van der Waals surface area contributed by atoms with Gasteiger partial charge in [-0.3, -0.25) is 4.98 Å². The summed E-state index contributed by atoms with van der Waals surface area (Å²) in [5.41, 5.74) is 8.00. The van der Waals surface area contributed by atoms with Gasteiger partial charge in [0.2, 0.25) is 0 Å². The molecule has 1 heterocycles. The monoisotopic (exact) mass is 350 g/mol. The Morgan fingerprint density at radius 3 is 1.74 bits per heavy atom. The van der Waals surface area contributed by atoms with Crippen LogP contribution in [0.3, 0.4) is 0 Å². The Kier molecular flexibility index (Phi) is 4.71. The highest BCUT2D eigenvalue weighted by Crippen LogP contribution is 2.36. The van der Waals surface area contributed by atoms with Gasteiger partial charge in [-0.1, -0.05) is 42.5 Å². The molecule has 4 rings (SSSR count). The number of pyridine rings is 1. The van der Waals surface area contributed by atoms with E-state index < -0.39 is 0 Å². The number of nitrogens with zero attached hydrogens (tertiary/aromatic N) is 2. The maximum Gasteiger partial charge on any atom is 0.0702 e. The fourth-order valence-corrected chi connectivity index (χ4v) is 3.32. The van der Waals surface area contributed by atoms with Crippen molar-refractivity contribution in [2.24, 2.45) is 0 Å². The third-order valence-corrected chi connectivity index (χ3v) is 4.58. The number of benzene rings is 3. The van der Waals surface area contributed by atoms with Gasteiger partial charge < -0.3 is 4.90 Å². The lowest BCUT2D eigenvalue weighted by atomic mass is 10.1. The van der Waals surface area contributed by atoms with Crippen LogP contribution in [0.2, 0.25) is 0 Å². The summed E-state index contributed by atoms with van der Waals surface area (Å²) in [7, 11) is 0. The van der Waals surface area contributed by atoms with Crippen molar-refractivity contribution in [3.63, 3.8) is 0 Å². The molecule has 0 aliphatic heterocycles. The van der Waals surface area contributed by atoms with Gasteiger partial charge >= 0.3 is 0 Å². The standard InChI is InChI=1S/C25H22N2/c1-19-8-5-11-22(16-19)27(23-12-6-9-20(2)17-23)24-13-7-10-21(18-24)25-14-3-4-15-26-25/h3-18H,1-2H3. The summed E-state index contributed by atoms with van der Waals surface area (Å²) in [6.07, 6.45) is 1.83. The van der Waals surface area contributed by atoms with E-state index in [1.54, 1.807) is 0 Å². The van der Waals surface area contributed by atoms with Gasteiger partial charge in [-0.15, -0.1) is 0 Å². The molecule has 0 N–H and O–H groups in total. The van der Waals surface area contributed by atoms with E-state index in [1.165, 1.54) is 11.1 Å². The molecule has 3 aromatic carbocycles. The largest absolute Gasteiger partial charge is 0.310 e. The molecule has 0 fully saturated rings. The van der Waals surface area contributed by atoms with Crippen molar-refractivity contribution in [1.29, 1.82) is 0 Å². The summed E-state index contributed by atoms with van der Waals surface area (Å²) in [4.78, 5) is 6.80. The molecule has 27 heavy (non-hydrogen) atoms. The van der Waals surface area contributed by atoms with Crippen LogP contribution in [0, 0.1) is 13.8 Å². The van der Waals surface area contributed by atoms with E-state index in [4.69, 9.17) is 0 Å². The minimum atomic E-state index is 0.979. The van der Waals surface area contributed by atoms with E-state index in [9.17, 15) is 0 Å². The number of aryl methyl sites for hydroxylation is 2. The summed E-state index contributed by atoms with van der Waals surface area (Å²) in [5.74, 6) is 0. The average Bonchev–Trinajstić information content (AvgIpc) is 2.69. The molecule has 0 aliphatic carbocycles. The topological polar surface area (TPSA) is 16.1 Å². The summed E-state index contributed by atoms with van der Waals surface area (Å²) < 4.78 is 0. The zero-order valence-electron chi connectivity index (χ0n) is 15.6. The van der Waals surface area contributed by atoms with Gasteiger partial charge in [0.15, 0.2) is 0 Å². The van der Waals surface area contributed by atoms with Crippen molar-refractivity contribution in [2.75, 3.05) is 4.90 Å². The first-order valence-corrected chi connectivity index (χ1v) is 9.16. The SMILES string of the molecule is Cc1cccc(N(c2cccc(C)c2)c2cccc(-c3ccccn3)c2)c1. The number of aromatic nitrogens is 1. The van der Waals surface area contributed by atoms with Crippen LogP contribution in [-0.4, -0.2) is 4.98 Å². The van der Waals surface area contributed by atoms with Crippen molar-refractivity contribution in [2.45, 2.75) is 13.8 Å². The van der Waals surface area contributed by atoms with E-state index in [0.29, 0.717) is 0 Å². The highest BCUT2D eigenvalue weighted by Gasteiger charge is 2.13. The van der Waals surface area contributed by atoms with Gasteiger partial charge in [0.25, 0.3) is 0 Å². The number of hydrogen-bond acceptors (Lipinski definition) is 2. The van der Waals surface area contributed by atoms with Crippen molar-refractivity contribution in [3.8, 4) is 11.3 Å². The molecular formula is C25H22N2. The highest BCUT2D eigenvalue weighted by atomic mass is 15.1. The predicted molar refractivity (Wildman–Crippen MR) is 114 cm³/mol. The first-order chi connectivity index (χ1) is 13.2. The average molecular weight is 350 g/mol. The molecule has 0 saturated heterocycles. The number of hydrogen-bond donors (Lipinski definition) is 0. The minimum Gasteiger partial charge on any atom is -0.310 e. The molecule has 1 aromatic heterocycles. The van der Waals surface area contributed by atoms with Crippen LogP contribution in [0.5, 0.6) is 0 Å². The number of anilines is 3. The van der Waals surface area contributed by atoms with Crippen molar-refractivity contribution in [3.05, 3.63) is 108 Å². The number of rotatable bonds is 4. The lowest BCUT2D eigenvalue weighted by molar-refractivity contribution is 1.25. The molecule has 4 aromatic rings. The molecule has 0 bridgehead atoms. The van der Waals surface area contributed by atoms with E-state index in [1.807, 2.05) is 24.4 Å². The van der Waals surface area contributed by atoms with Crippen LogP contribution < -0.4 is 4.90 Å². The van der Waals surface area contributed by atoms with E-state index in [2.05, 4.69) is 96.5 Å². The quantitative estimate of drug-likeness (QED) is 0.401. The van der Waals surface area contributed by atoms with Crippen LogP contribution in [0.1, 0.15) is 11.1 Å². The Morgan fingerprint density at radius 2 is 1.19 bits per heavy atom. The van der Waals surface area contributed by atoms with Crippen molar-refractivity contribution >= 4 is 17.1 Å². The van der Waals surface area contributed by atoms with Gasteiger partial charge in [-0.2, -0.15) is 0 Å². The summed E-state index contributed by atoms with van der Waals surface area (Å²) in [6, 6.07) is 31.8. The molecule has 2 nitrogen and oxygen atoms in total. The second-order valence-electron chi connectivity index (χ2n) is 6.78.